The Morgan fingerprint density at radius 1 is 1.06 bits per heavy atom. The summed E-state index contributed by atoms with van der Waals surface area (Å²) >= 11 is -1.16. The maximum atomic E-state index is 13.9. The van der Waals surface area contributed by atoms with Crippen molar-refractivity contribution in [1.82, 2.24) is 0 Å². The number of halogens is 1. The first-order valence-electron chi connectivity index (χ1n) is 5.08. The highest BCUT2D eigenvalue weighted by atomic mass is 32.2. The molecule has 88 valence electrons. The summed E-state index contributed by atoms with van der Waals surface area (Å²) in [6.45, 7) is 0. The minimum atomic E-state index is -1.16. The first-order chi connectivity index (χ1) is 8.11. The molecule has 2 aromatic carbocycles. The second-order valence-electron chi connectivity index (χ2n) is 3.66. The maximum Gasteiger partial charge on any atom is 0.160 e. The van der Waals surface area contributed by atoms with Gasteiger partial charge in [-0.15, -0.1) is 0 Å². The van der Waals surface area contributed by atoms with Gasteiger partial charge in [0.05, 0.1) is 5.69 Å². The molecule has 2 nitrogen and oxygen atoms in total. The average molecular weight is 249 g/mol. The van der Waals surface area contributed by atoms with Crippen molar-refractivity contribution in [2.24, 2.45) is 0 Å². The molecule has 0 aliphatic rings. The molecule has 0 spiro atoms. The fourth-order valence-corrected chi connectivity index (χ4v) is 2.46. The van der Waals surface area contributed by atoms with Crippen LogP contribution in [0.1, 0.15) is 0 Å². The molecule has 2 aromatic rings. The van der Waals surface area contributed by atoms with Crippen molar-refractivity contribution in [2.75, 3.05) is 12.0 Å². The number of benzene rings is 2. The molecule has 0 aromatic heterocycles. The molecule has 1 atom stereocenters. The van der Waals surface area contributed by atoms with Crippen LogP contribution in [0.2, 0.25) is 0 Å². The van der Waals surface area contributed by atoms with Crippen LogP contribution in [0, 0.1) is 5.82 Å². The molecule has 0 fully saturated rings. The van der Waals surface area contributed by atoms with E-state index in [1.807, 2.05) is 0 Å². The third-order valence-corrected chi connectivity index (χ3v) is 3.49. The zero-order valence-corrected chi connectivity index (χ0v) is 10.1. The molecular formula is C13H12FNOS. The maximum absolute atomic E-state index is 13.9. The van der Waals surface area contributed by atoms with E-state index in [9.17, 15) is 8.94 Å². The Balaban J connectivity index is 2.64. The number of rotatable bonds is 2. The van der Waals surface area contributed by atoms with Gasteiger partial charge in [0.1, 0.15) is 6.26 Å². The lowest BCUT2D eigenvalue weighted by Crippen LogP contribution is -2.01. The highest BCUT2D eigenvalue weighted by molar-refractivity contribution is 7.90. The van der Waals surface area contributed by atoms with Gasteiger partial charge in [0.2, 0.25) is 0 Å². The highest BCUT2D eigenvalue weighted by Gasteiger charge is 2.16. The van der Waals surface area contributed by atoms with Gasteiger partial charge >= 0.3 is 0 Å². The van der Waals surface area contributed by atoms with Crippen LogP contribution in [0.3, 0.4) is 0 Å². The van der Waals surface area contributed by atoms with Gasteiger partial charge in [-0.2, -0.15) is 0 Å². The number of nitrogens with two attached hydrogens (primary N) is 1. The van der Waals surface area contributed by atoms with Crippen molar-refractivity contribution in [3.05, 3.63) is 48.3 Å². The number of anilines is 1. The zero-order chi connectivity index (χ0) is 12.4. The Kier molecular flexibility index (Phi) is 3.36. The van der Waals surface area contributed by atoms with Gasteiger partial charge in [-0.05, 0) is 29.4 Å². The molecule has 2 N–H and O–H groups in total. The Hall–Kier alpha value is -1.52. The Labute approximate surface area is 102 Å². The van der Waals surface area contributed by atoms with Crippen molar-refractivity contribution < 1.29 is 8.94 Å². The number of nitrogen functional groups attached to an aromatic ring is 1. The summed E-state index contributed by atoms with van der Waals surface area (Å²) in [4.78, 5) is 0.608. The molecule has 0 bridgehead atoms. The summed E-state index contributed by atoms with van der Waals surface area (Å²) < 4.78 is 25.5. The van der Waals surface area contributed by atoms with E-state index in [-0.39, 0.29) is 5.69 Å². The fraction of sp³-hybridized carbons (Fsp3) is 0.0769. The first-order valence-corrected chi connectivity index (χ1v) is 6.64. The SMILES string of the molecule is C[S+]([O-])c1ccccc1-c1cccc(N)c1F. The lowest BCUT2D eigenvalue weighted by molar-refractivity contribution is 0.601. The third kappa shape index (κ3) is 2.28. The summed E-state index contributed by atoms with van der Waals surface area (Å²) in [5, 5.41) is 0. The topological polar surface area (TPSA) is 49.1 Å². The van der Waals surface area contributed by atoms with Crippen LogP contribution in [0.5, 0.6) is 0 Å². The van der Waals surface area contributed by atoms with E-state index >= 15 is 0 Å². The largest absolute Gasteiger partial charge is 0.612 e. The Bertz CT molecular complexity index is 543. The lowest BCUT2D eigenvalue weighted by Gasteiger charge is -2.11. The molecule has 0 saturated carbocycles. The molecule has 0 radical (unpaired) electrons. The van der Waals surface area contributed by atoms with Crippen molar-refractivity contribution in [2.45, 2.75) is 4.90 Å². The monoisotopic (exact) mass is 249 g/mol. The lowest BCUT2D eigenvalue weighted by atomic mass is 10.0. The summed E-state index contributed by atoms with van der Waals surface area (Å²) in [5.74, 6) is -0.467. The van der Waals surface area contributed by atoms with Crippen molar-refractivity contribution in [3.63, 3.8) is 0 Å². The normalized spacial score (nSPS) is 12.4. The minimum absolute atomic E-state index is 0.0965. The van der Waals surface area contributed by atoms with Crippen LogP contribution in [0.4, 0.5) is 10.1 Å². The molecule has 4 heteroatoms. The Morgan fingerprint density at radius 2 is 1.71 bits per heavy atom. The summed E-state index contributed by atoms with van der Waals surface area (Å²) in [6, 6.07) is 11.9. The van der Waals surface area contributed by atoms with Gasteiger partial charge < -0.3 is 10.3 Å². The number of hydrogen-bond acceptors (Lipinski definition) is 2. The molecule has 0 amide bonds. The van der Waals surface area contributed by atoms with Crippen LogP contribution >= 0.6 is 0 Å². The van der Waals surface area contributed by atoms with Crippen molar-refractivity contribution >= 4 is 16.9 Å². The second-order valence-corrected chi connectivity index (χ2v) is 5.01. The summed E-state index contributed by atoms with van der Waals surface area (Å²) in [5.41, 5.74) is 6.64. The van der Waals surface area contributed by atoms with E-state index in [1.165, 1.54) is 6.07 Å². The predicted octanol–water partition coefficient (Wildman–Crippen LogP) is 2.81. The van der Waals surface area contributed by atoms with Crippen LogP contribution in [0.15, 0.2) is 47.4 Å². The van der Waals surface area contributed by atoms with Gasteiger partial charge in [-0.1, -0.05) is 24.3 Å². The smallest absolute Gasteiger partial charge is 0.160 e. The zero-order valence-electron chi connectivity index (χ0n) is 9.31. The van der Waals surface area contributed by atoms with Gasteiger partial charge in [-0.3, -0.25) is 0 Å². The highest BCUT2D eigenvalue weighted by Crippen LogP contribution is 2.31. The van der Waals surface area contributed by atoms with Crippen molar-refractivity contribution in [3.8, 4) is 11.1 Å². The molecule has 17 heavy (non-hydrogen) atoms. The van der Waals surface area contributed by atoms with E-state index < -0.39 is 17.0 Å². The van der Waals surface area contributed by atoms with Crippen LogP contribution in [0.25, 0.3) is 11.1 Å². The molecular weight excluding hydrogens is 237 g/mol. The first kappa shape index (κ1) is 12.0. The summed E-state index contributed by atoms with van der Waals surface area (Å²) in [7, 11) is 0. The van der Waals surface area contributed by atoms with E-state index in [2.05, 4.69) is 0 Å². The van der Waals surface area contributed by atoms with Crippen LogP contribution in [-0.4, -0.2) is 10.8 Å². The Morgan fingerprint density at radius 3 is 2.41 bits per heavy atom. The van der Waals surface area contributed by atoms with E-state index in [0.29, 0.717) is 16.0 Å². The van der Waals surface area contributed by atoms with Crippen LogP contribution < -0.4 is 5.73 Å². The predicted molar refractivity (Wildman–Crippen MR) is 68.6 cm³/mol. The summed E-state index contributed by atoms with van der Waals surface area (Å²) in [6.07, 6.45) is 1.57. The van der Waals surface area contributed by atoms with Crippen molar-refractivity contribution in [1.29, 1.82) is 0 Å². The fourth-order valence-electron chi connectivity index (χ4n) is 1.70. The van der Waals surface area contributed by atoms with E-state index in [4.69, 9.17) is 5.73 Å². The molecule has 2 rings (SSSR count). The average Bonchev–Trinajstić information content (AvgIpc) is 2.33. The van der Waals surface area contributed by atoms with Crippen LogP contribution in [-0.2, 0) is 11.2 Å². The van der Waals surface area contributed by atoms with E-state index in [0.717, 1.165) is 0 Å². The third-order valence-electron chi connectivity index (χ3n) is 2.52. The quantitative estimate of drug-likeness (QED) is 0.657. The molecule has 0 saturated heterocycles. The molecule has 0 aliphatic heterocycles. The van der Waals surface area contributed by atoms with Gasteiger partial charge in [0, 0.05) is 11.1 Å². The standard InChI is InChI=1S/C13H12FNOS/c1-17(16)12-8-3-2-5-9(12)10-6-4-7-11(15)13(10)14/h2-8H,15H2,1H3. The molecule has 0 aliphatic carbocycles. The van der Waals surface area contributed by atoms with Gasteiger partial charge in [-0.25, -0.2) is 4.39 Å². The molecule has 0 heterocycles. The minimum Gasteiger partial charge on any atom is -0.612 e. The van der Waals surface area contributed by atoms with E-state index in [1.54, 1.807) is 42.7 Å². The van der Waals surface area contributed by atoms with Gasteiger partial charge in [0.25, 0.3) is 0 Å². The van der Waals surface area contributed by atoms with Gasteiger partial charge in [0.15, 0.2) is 10.7 Å². The second kappa shape index (κ2) is 4.77. The number of hydrogen-bond donors (Lipinski definition) is 1. The molecule has 1 unspecified atom stereocenters.